The molecular weight excluding hydrogens is 385 g/mol. The number of halogens is 2. The van der Waals surface area contributed by atoms with Crippen LogP contribution in [-0.2, 0) is 33.0 Å². The van der Waals surface area contributed by atoms with Gasteiger partial charge in [0.25, 0.3) is 0 Å². The molecular formula is C18H27Cl2N7. The fraction of sp³-hybridized carbons (Fsp3) is 0.611. The summed E-state index contributed by atoms with van der Waals surface area (Å²) in [5, 5.41) is 16.5. The van der Waals surface area contributed by atoms with Crippen molar-refractivity contribution in [3.05, 3.63) is 33.6 Å². The van der Waals surface area contributed by atoms with Crippen molar-refractivity contribution in [2.75, 3.05) is 13.6 Å². The van der Waals surface area contributed by atoms with Gasteiger partial charge in [-0.3, -0.25) is 4.99 Å². The lowest BCUT2D eigenvalue weighted by atomic mass is 10.2. The van der Waals surface area contributed by atoms with Crippen molar-refractivity contribution in [2.45, 2.75) is 51.6 Å². The number of aliphatic imine (C=N–C) groups is 1. The van der Waals surface area contributed by atoms with E-state index in [9.17, 15) is 0 Å². The van der Waals surface area contributed by atoms with Gasteiger partial charge in [0.1, 0.15) is 16.8 Å². The molecule has 0 unspecified atom stereocenters. The standard InChI is InChI=1S/C18H27Cl2N7/c1-21-18(23-12-13-11-14(19)17(20)26(13)2)22-9-6-8-16-25-24-15-7-4-3-5-10-27(15)16/h11H,3-10,12H2,1-2H3,(H2,21,22,23). The lowest BCUT2D eigenvalue weighted by Gasteiger charge is -2.12. The summed E-state index contributed by atoms with van der Waals surface area (Å²) in [7, 11) is 3.65. The number of nitrogens with zero attached hydrogens (tertiary/aromatic N) is 5. The van der Waals surface area contributed by atoms with Crippen molar-refractivity contribution >= 4 is 29.2 Å². The Bertz CT molecular complexity index is 794. The first-order chi connectivity index (χ1) is 13.1. The van der Waals surface area contributed by atoms with Crippen LogP contribution >= 0.6 is 23.2 Å². The minimum atomic E-state index is 0.545. The van der Waals surface area contributed by atoms with Gasteiger partial charge in [0.2, 0.25) is 0 Å². The van der Waals surface area contributed by atoms with Gasteiger partial charge >= 0.3 is 0 Å². The smallest absolute Gasteiger partial charge is 0.191 e. The average molecular weight is 412 g/mol. The zero-order valence-corrected chi connectivity index (χ0v) is 17.4. The van der Waals surface area contributed by atoms with Gasteiger partial charge < -0.3 is 19.8 Å². The maximum atomic E-state index is 6.10. The van der Waals surface area contributed by atoms with E-state index in [4.69, 9.17) is 23.2 Å². The first-order valence-corrected chi connectivity index (χ1v) is 10.2. The maximum absolute atomic E-state index is 6.10. The van der Waals surface area contributed by atoms with Crippen molar-refractivity contribution in [1.82, 2.24) is 30.0 Å². The van der Waals surface area contributed by atoms with E-state index in [0.717, 1.165) is 55.7 Å². The van der Waals surface area contributed by atoms with Crippen molar-refractivity contribution in [3.8, 4) is 0 Å². The summed E-state index contributed by atoms with van der Waals surface area (Å²) in [6.07, 6.45) is 6.67. The molecule has 2 aromatic rings. The number of aromatic nitrogens is 4. The second-order valence-corrected chi connectivity index (χ2v) is 7.55. The lowest BCUT2D eigenvalue weighted by molar-refractivity contribution is 0.593. The second-order valence-electron chi connectivity index (χ2n) is 6.78. The molecule has 2 aromatic heterocycles. The van der Waals surface area contributed by atoms with Gasteiger partial charge in [-0.2, -0.15) is 0 Å². The molecule has 1 aliphatic heterocycles. The first kappa shape index (κ1) is 20.0. The number of guanidine groups is 1. The van der Waals surface area contributed by atoms with Gasteiger partial charge in [-0.1, -0.05) is 29.6 Å². The van der Waals surface area contributed by atoms with Crippen molar-refractivity contribution in [3.63, 3.8) is 0 Å². The van der Waals surface area contributed by atoms with E-state index in [1.165, 1.54) is 19.3 Å². The molecule has 0 aliphatic carbocycles. The third kappa shape index (κ3) is 4.96. The number of aryl methyl sites for hydroxylation is 2. The average Bonchev–Trinajstić information content (AvgIpc) is 3.05. The molecule has 0 spiro atoms. The molecule has 0 aromatic carbocycles. The number of nitrogens with one attached hydrogen (secondary N) is 2. The summed E-state index contributed by atoms with van der Waals surface area (Å²) >= 11 is 12.2. The molecule has 3 rings (SSSR count). The Morgan fingerprint density at radius 2 is 2.07 bits per heavy atom. The zero-order valence-electron chi connectivity index (χ0n) is 15.9. The summed E-state index contributed by atoms with van der Waals surface area (Å²) < 4.78 is 4.17. The van der Waals surface area contributed by atoms with Crippen LogP contribution in [0.4, 0.5) is 0 Å². The molecule has 0 amide bonds. The number of rotatable bonds is 6. The third-order valence-electron chi connectivity index (χ3n) is 4.93. The topological polar surface area (TPSA) is 72.1 Å². The molecule has 0 radical (unpaired) electrons. The SMILES string of the molecule is CN=C(NCCCc1nnc2n1CCCCC2)NCc1cc(Cl)c(Cl)n1C. The monoisotopic (exact) mass is 411 g/mol. The van der Waals surface area contributed by atoms with E-state index in [0.29, 0.717) is 16.7 Å². The Hall–Kier alpha value is -1.73. The van der Waals surface area contributed by atoms with Crippen LogP contribution in [0.2, 0.25) is 10.2 Å². The molecule has 0 fully saturated rings. The molecule has 0 saturated carbocycles. The van der Waals surface area contributed by atoms with E-state index < -0.39 is 0 Å². The maximum Gasteiger partial charge on any atom is 0.191 e. The van der Waals surface area contributed by atoms with E-state index in [1.807, 2.05) is 17.7 Å². The van der Waals surface area contributed by atoms with E-state index in [1.54, 1.807) is 7.05 Å². The van der Waals surface area contributed by atoms with Crippen molar-refractivity contribution in [1.29, 1.82) is 0 Å². The van der Waals surface area contributed by atoms with Gasteiger partial charge in [0.05, 0.1) is 11.6 Å². The fourth-order valence-corrected chi connectivity index (χ4v) is 3.75. The van der Waals surface area contributed by atoms with Crippen LogP contribution in [0.5, 0.6) is 0 Å². The summed E-state index contributed by atoms with van der Waals surface area (Å²) in [6.45, 7) is 2.47. The third-order valence-corrected chi connectivity index (χ3v) is 5.77. The number of hydrogen-bond donors (Lipinski definition) is 2. The zero-order chi connectivity index (χ0) is 19.2. The highest BCUT2D eigenvalue weighted by Crippen LogP contribution is 2.24. The molecule has 0 saturated heterocycles. The van der Waals surface area contributed by atoms with Crippen LogP contribution in [-0.4, -0.2) is 38.9 Å². The van der Waals surface area contributed by atoms with Gasteiger partial charge in [0, 0.05) is 45.7 Å². The molecule has 0 atom stereocenters. The summed E-state index contributed by atoms with van der Waals surface area (Å²) in [5.74, 6) is 3.00. The van der Waals surface area contributed by atoms with Crippen molar-refractivity contribution in [2.24, 2.45) is 12.0 Å². The molecule has 2 N–H and O–H groups in total. The van der Waals surface area contributed by atoms with Gasteiger partial charge in [-0.25, -0.2) is 0 Å². The van der Waals surface area contributed by atoms with E-state index >= 15 is 0 Å². The number of hydrogen-bond acceptors (Lipinski definition) is 3. The molecule has 148 valence electrons. The predicted octanol–water partition coefficient (Wildman–Crippen LogP) is 2.95. The van der Waals surface area contributed by atoms with Gasteiger partial charge in [0.15, 0.2) is 5.96 Å². The summed E-state index contributed by atoms with van der Waals surface area (Å²) in [6, 6.07) is 1.86. The number of fused-ring (bicyclic) bond motifs is 1. The molecule has 27 heavy (non-hydrogen) atoms. The molecule has 0 bridgehead atoms. The molecule has 1 aliphatic rings. The van der Waals surface area contributed by atoms with Crippen LogP contribution in [0.3, 0.4) is 0 Å². The Labute approximate surface area is 170 Å². The Morgan fingerprint density at radius 3 is 2.81 bits per heavy atom. The summed E-state index contributed by atoms with van der Waals surface area (Å²) in [5.41, 5.74) is 0.999. The van der Waals surface area contributed by atoms with Crippen LogP contribution in [0, 0.1) is 0 Å². The highest BCUT2D eigenvalue weighted by Gasteiger charge is 2.14. The van der Waals surface area contributed by atoms with Gasteiger partial charge in [-0.05, 0) is 25.3 Å². The molecule has 7 nitrogen and oxygen atoms in total. The Kier molecular flexibility index (Phi) is 7.01. The quantitative estimate of drug-likeness (QED) is 0.435. The minimum absolute atomic E-state index is 0.545. The first-order valence-electron chi connectivity index (χ1n) is 9.45. The second kappa shape index (κ2) is 9.46. The molecule has 3 heterocycles. The van der Waals surface area contributed by atoms with Crippen LogP contribution in [0.15, 0.2) is 11.1 Å². The van der Waals surface area contributed by atoms with E-state index in [2.05, 4.69) is 30.4 Å². The van der Waals surface area contributed by atoms with E-state index in [-0.39, 0.29) is 0 Å². The summed E-state index contributed by atoms with van der Waals surface area (Å²) in [4.78, 5) is 4.27. The van der Waals surface area contributed by atoms with Crippen LogP contribution < -0.4 is 10.6 Å². The Balaban J connectivity index is 1.44. The predicted molar refractivity (Wildman–Crippen MR) is 110 cm³/mol. The van der Waals surface area contributed by atoms with Crippen LogP contribution in [0.1, 0.15) is 43.0 Å². The van der Waals surface area contributed by atoms with Crippen LogP contribution in [0.25, 0.3) is 0 Å². The minimum Gasteiger partial charge on any atom is -0.356 e. The fourth-order valence-electron chi connectivity index (χ4n) is 3.34. The highest BCUT2D eigenvalue weighted by molar-refractivity contribution is 6.41. The van der Waals surface area contributed by atoms with Crippen molar-refractivity contribution < 1.29 is 0 Å². The lowest BCUT2D eigenvalue weighted by Crippen LogP contribution is -2.37. The largest absolute Gasteiger partial charge is 0.356 e. The highest BCUT2D eigenvalue weighted by atomic mass is 35.5. The Morgan fingerprint density at radius 1 is 1.22 bits per heavy atom. The van der Waals surface area contributed by atoms with Gasteiger partial charge in [-0.15, -0.1) is 10.2 Å². The molecule has 9 heteroatoms. The normalized spacial score (nSPS) is 14.7.